The Hall–Kier alpha value is -2.24. The summed E-state index contributed by atoms with van der Waals surface area (Å²) in [5, 5.41) is 3.22. The minimum absolute atomic E-state index is 0.101. The Morgan fingerprint density at radius 3 is 2.13 bits per heavy atom. The van der Waals surface area contributed by atoms with E-state index in [1.165, 1.54) is 24.9 Å². The smallest absolute Gasteiger partial charge is 0.317 e. The number of amides is 3. The van der Waals surface area contributed by atoms with Crippen LogP contribution in [0, 0.1) is 5.92 Å². The lowest BCUT2D eigenvalue weighted by atomic mass is 9.92. The first-order valence-electron chi connectivity index (χ1n) is 11.8. The quantitative estimate of drug-likeness (QED) is 0.824. The predicted octanol–water partition coefficient (Wildman–Crippen LogP) is 3.48. The average molecular weight is 413 g/mol. The number of rotatable bonds is 4. The van der Waals surface area contributed by atoms with Crippen LogP contribution in [-0.2, 0) is 4.79 Å². The summed E-state index contributed by atoms with van der Waals surface area (Å²) in [5.74, 6) is 0.691. The van der Waals surface area contributed by atoms with Crippen LogP contribution < -0.4 is 10.2 Å². The number of nitrogens with zero attached hydrogens (tertiary/aromatic N) is 3. The van der Waals surface area contributed by atoms with E-state index < -0.39 is 0 Å². The summed E-state index contributed by atoms with van der Waals surface area (Å²) in [4.78, 5) is 31.7. The average Bonchev–Trinajstić information content (AvgIpc) is 2.81. The second-order valence-electron chi connectivity index (χ2n) is 9.12. The van der Waals surface area contributed by atoms with Gasteiger partial charge in [0, 0.05) is 57.4 Å². The maximum Gasteiger partial charge on any atom is 0.317 e. The van der Waals surface area contributed by atoms with Gasteiger partial charge in [0.1, 0.15) is 0 Å². The molecule has 3 amide bonds. The van der Waals surface area contributed by atoms with Gasteiger partial charge in [0.05, 0.1) is 0 Å². The van der Waals surface area contributed by atoms with Gasteiger partial charge >= 0.3 is 6.03 Å². The number of likely N-dealkylation sites (tertiary alicyclic amines) is 1. The molecular weight excluding hydrogens is 376 g/mol. The van der Waals surface area contributed by atoms with Crippen molar-refractivity contribution in [3.8, 4) is 0 Å². The second kappa shape index (κ2) is 10.2. The molecule has 1 aromatic rings. The summed E-state index contributed by atoms with van der Waals surface area (Å²) in [5.41, 5.74) is 1.24. The van der Waals surface area contributed by atoms with Gasteiger partial charge < -0.3 is 20.0 Å². The lowest BCUT2D eigenvalue weighted by molar-refractivity contribution is -0.132. The van der Waals surface area contributed by atoms with Gasteiger partial charge in [-0.2, -0.15) is 0 Å². The zero-order valence-electron chi connectivity index (χ0n) is 18.1. The van der Waals surface area contributed by atoms with Gasteiger partial charge in [-0.3, -0.25) is 4.79 Å². The minimum Gasteiger partial charge on any atom is -0.368 e. The molecule has 0 unspecified atom stereocenters. The molecule has 3 fully saturated rings. The summed E-state index contributed by atoms with van der Waals surface area (Å²) >= 11 is 0. The number of benzene rings is 1. The highest BCUT2D eigenvalue weighted by Gasteiger charge is 2.28. The molecular formula is C24H36N4O2. The van der Waals surface area contributed by atoms with E-state index in [-0.39, 0.29) is 11.9 Å². The number of piperidine rings is 1. The SMILES string of the molecule is O=C(CC1CCN(C(=O)NC2CCCCC2)CC1)N1CCN(c2ccccc2)CC1. The van der Waals surface area contributed by atoms with Crippen molar-refractivity contribution >= 4 is 17.6 Å². The molecule has 30 heavy (non-hydrogen) atoms. The maximum atomic E-state index is 12.8. The fourth-order valence-electron chi connectivity index (χ4n) is 5.08. The topological polar surface area (TPSA) is 55.9 Å². The van der Waals surface area contributed by atoms with Gasteiger partial charge in [0.25, 0.3) is 0 Å². The standard InChI is InChI=1S/C24H36N4O2/c29-23(27-17-15-26(16-18-27)22-9-5-2-6-10-22)19-20-11-13-28(14-12-20)24(30)25-21-7-3-1-4-8-21/h2,5-6,9-10,20-21H,1,3-4,7-8,11-19H2,(H,25,30). The Balaban J connectivity index is 1.16. The third-order valence-electron chi connectivity index (χ3n) is 7.05. The van der Waals surface area contributed by atoms with E-state index in [1.807, 2.05) is 15.9 Å². The van der Waals surface area contributed by atoms with Crippen molar-refractivity contribution < 1.29 is 9.59 Å². The lowest BCUT2D eigenvalue weighted by Gasteiger charge is -2.38. The van der Waals surface area contributed by atoms with Crippen molar-refractivity contribution in [1.82, 2.24) is 15.1 Å². The van der Waals surface area contributed by atoms with Crippen LogP contribution in [0.3, 0.4) is 0 Å². The fourth-order valence-corrected chi connectivity index (χ4v) is 5.08. The van der Waals surface area contributed by atoms with E-state index in [9.17, 15) is 9.59 Å². The third kappa shape index (κ3) is 5.46. The molecule has 0 spiro atoms. The van der Waals surface area contributed by atoms with Gasteiger partial charge in [0.2, 0.25) is 5.91 Å². The van der Waals surface area contributed by atoms with Gasteiger partial charge in [-0.05, 0) is 43.7 Å². The number of carbonyl (C=O) groups is 2. The summed E-state index contributed by atoms with van der Waals surface area (Å²) in [6.45, 7) is 4.95. The van der Waals surface area contributed by atoms with E-state index in [1.54, 1.807) is 0 Å². The molecule has 2 heterocycles. The molecule has 1 N–H and O–H groups in total. The zero-order valence-corrected chi connectivity index (χ0v) is 18.1. The molecule has 0 aromatic heterocycles. The second-order valence-corrected chi connectivity index (χ2v) is 9.12. The van der Waals surface area contributed by atoms with Crippen molar-refractivity contribution in [2.75, 3.05) is 44.2 Å². The fraction of sp³-hybridized carbons (Fsp3) is 0.667. The van der Waals surface area contributed by atoms with Gasteiger partial charge in [-0.1, -0.05) is 37.5 Å². The molecule has 3 aliphatic rings. The molecule has 0 atom stereocenters. The Kier molecular flexibility index (Phi) is 7.13. The van der Waals surface area contributed by atoms with Crippen LogP contribution in [0.5, 0.6) is 0 Å². The van der Waals surface area contributed by atoms with Crippen LogP contribution in [-0.4, -0.2) is 67.0 Å². The molecule has 4 rings (SSSR count). The number of hydrogen-bond donors (Lipinski definition) is 1. The number of urea groups is 1. The number of para-hydroxylation sites is 1. The Morgan fingerprint density at radius 1 is 0.800 bits per heavy atom. The lowest BCUT2D eigenvalue weighted by Crippen LogP contribution is -2.50. The molecule has 6 nitrogen and oxygen atoms in total. The molecule has 1 saturated carbocycles. The van der Waals surface area contributed by atoms with Crippen molar-refractivity contribution in [3.63, 3.8) is 0 Å². The Labute approximate surface area is 180 Å². The highest BCUT2D eigenvalue weighted by Crippen LogP contribution is 2.23. The first-order chi connectivity index (χ1) is 14.7. The molecule has 0 radical (unpaired) electrons. The molecule has 0 bridgehead atoms. The van der Waals surface area contributed by atoms with Crippen LogP contribution in [0.1, 0.15) is 51.4 Å². The highest BCUT2D eigenvalue weighted by atomic mass is 16.2. The largest absolute Gasteiger partial charge is 0.368 e. The van der Waals surface area contributed by atoms with Crippen LogP contribution in [0.15, 0.2) is 30.3 Å². The van der Waals surface area contributed by atoms with Crippen molar-refractivity contribution in [1.29, 1.82) is 0 Å². The number of carbonyl (C=O) groups excluding carboxylic acids is 2. The van der Waals surface area contributed by atoms with Crippen molar-refractivity contribution in [2.24, 2.45) is 5.92 Å². The van der Waals surface area contributed by atoms with Crippen molar-refractivity contribution in [2.45, 2.75) is 57.4 Å². The minimum atomic E-state index is 0.101. The Morgan fingerprint density at radius 2 is 1.47 bits per heavy atom. The molecule has 164 valence electrons. The van der Waals surface area contributed by atoms with E-state index in [0.29, 0.717) is 18.4 Å². The number of anilines is 1. The van der Waals surface area contributed by atoms with Crippen LogP contribution in [0.2, 0.25) is 0 Å². The van der Waals surface area contributed by atoms with Crippen LogP contribution in [0.25, 0.3) is 0 Å². The van der Waals surface area contributed by atoms with Gasteiger partial charge in [-0.15, -0.1) is 0 Å². The number of hydrogen-bond acceptors (Lipinski definition) is 3. The van der Waals surface area contributed by atoms with E-state index in [0.717, 1.165) is 65.0 Å². The molecule has 2 saturated heterocycles. The zero-order chi connectivity index (χ0) is 20.8. The molecule has 2 aliphatic heterocycles. The summed E-state index contributed by atoms with van der Waals surface area (Å²) in [6.07, 6.45) is 8.50. The van der Waals surface area contributed by atoms with E-state index >= 15 is 0 Å². The molecule has 6 heteroatoms. The summed E-state index contributed by atoms with van der Waals surface area (Å²) in [6, 6.07) is 10.9. The Bertz CT molecular complexity index is 688. The third-order valence-corrected chi connectivity index (χ3v) is 7.05. The van der Waals surface area contributed by atoms with Crippen molar-refractivity contribution in [3.05, 3.63) is 30.3 Å². The number of nitrogens with one attached hydrogen (secondary N) is 1. The van der Waals surface area contributed by atoms with Gasteiger partial charge in [-0.25, -0.2) is 4.79 Å². The van der Waals surface area contributed by atoms with Crippen LogP contribution >= 0.6 is 0 Å². The van der Waals surface area contributed by atoms with E-state index in [2.05, 4.69) is 34.5 Å². The van der Waals surface area contributed by atoms with Crippen LogP contribution in [0.4, 0.5) is 10.5 Å². The van der Waals surface area contributed by atoms with E-state index in [4.69, 9.17) is 0 Å². The summed E-state index contributed by atoms with van der Waals surface area (Å²) < 4.78 is 0. The van der Waals surface area contributed by atoms with Gasteiger partial charge in [0.15, 0.2) is 0 Å². The number of piperazine rings is 1. The molecule has 1 aromatic carbocycles. The predicted molar refractivity (Wildman–Crippen MR) is 120 cm³/mol. The highest BCUT2D eigenvalue weighted by molar-refractivity contribution is 5.77. The first-order valence-corrected chi connectivity index (χ1v) is 11.8. The monoisotopic (exact) mass is 412 g/mol. The first kappa shape index (κ1) is 21.0. The normalized spacial score (nSPS) is 21.5. The summed E-state index contributed by atoms with van der Waals surface area (Å²) in [7, 11) is 0. The molecule has 1 aliphatic carbocycles. The maximum absolute atomic E-state index is 12.8.